The zero-order valence-electron chi connectivity index (χ0n) is 19.4. The first-order chi connectivity index (χ1) is 15.1. The fourth-order valence-electron chi connectivity index (χ4n) is 4.23. The molecular formula is C23H34IN7O. The average molecular weight is 551 g/mol. The number of aliphatic imine (C=N–C) groups is 1. The zero-order chi connectivity index (χ0) is 21.8. The van der Waals surface area contributed by atoms with Gasteiger partial charge in [0.1, 0.15) is 23.7 Å². The molecular weight excluding hydrogens is 517 g/mol. The van der Waals surface area contributed by atoms with Crippen LogP contribution in [0, 0.1) is 13.8 Å². The number of guanidine groups is 1. The molecule has 1 atom stereocenters. The van der Waals surface area contributed by atoms with Gasteiger partial charge in [-0.25, -0.2) is 4.99 Å². The van der Waals surface area contributed by atoms with Crippen LogP contribution < -0.4 is 10.6 Å². The van der Waals surface area contributed by atoms with Crippen molar-refractivity contribution in [3.8, 4) is 0 Å². The first kappa shape index (κ1) is 24.5. The predicted octanol–water partition coefficient (Wildman–Crippen LogP) is 3.52. The number of hydrogen-bond acceptors (Lipinski definition) is 5. The molecule has 0 saturated carbocycles. The van der Waals surface area contributed by atoms with Crippen LogP contribution in [-0.4, -0.2) is 51.3 Å². The van der Waals surface area contributed by atoms with E-state index in [2.05, 4.69) is 45.6 Å². The van der Waals surface area contributed by atoms with Crippen molar-refractivity contribution in [3.63, 3.8) is 0 Å². The van der Waals surface area contributed by atoms with Gasteiger partial charge in [-0.15, -0.1) is 34.2 Å². The number of fused-ring (bicyclic) bond motifs is 1. The van der Waals surface area contributed by atoms with Crippen molar-refractivity contribution >= 4 is 40.9 Å². The highest BCUT2D eigenvalue weighted by molar-refractivity contribution is 14.0. The first-order valence-corrected chi connectivity index (χ1v) is 11.1. The molecule has 1 saturated heterocycles. The summed E-state index contributed by atoms with van der Waals surface area (Å²) in [6, 6.07) is 8.69. The minimum absolute atomic E-state index is 0. The van der Waals surface area contributed by atoms with Crippen LogP contribution in [0.2, 0.25) is 0 Å². The van der Waals surface area contributed by atoms with Crippen molar-refractivity contribution < 1.29 is 4.42 Å². The number of likely N-dealkylation sites (N-methyl/N-ethyl adjacent to an activating group) is 1. The van der Waals surface area contributed by atoms with E-state index in [4.69, 9.17) is 9.41 Å². The van der Waals surface area contributed by atoms with Gasteiger partial charge in [0.2, 0.25) is 0 Å². The summed E-state index contributed by atoms with van der Waals surface area (Å²) in [4.78, 5) is 7.32. The van der Waals surface area contributed by atoms with Gasteiger partial charge in [-0.1, -0.05) is 25.1 Å². The molecule has 174 valence electrons. The number of likely N-dealkylation sites (tertiary alicyclic amines) is 1. The molecule has 0 spiro atoms. The average Bonchev–Trinajstić information content (AvgIpc) is 3.46. The molecule has 9 heteroatoms. The van der Waals surface area contributed by atoms with E-state index < -0.39 is 0 Å². The molecule has 32 heavy (non-hydrogen) atoms. The third-order valence-electron chi connectivity index (χ3n) is 6.33. The maximum Gasteiger partial charge on any atom is 0.192 e. The van der Waals surface area contributed by atoms with Crippen LogP contribution in [-0.2, 0) is 20.1 Å². The van der Waals surface area contributed by atoms with E-state index in [1.54, 1.807) is 0 Å². The Labute approximate surface area is 206 Å². The molecule has 1 aromatic carbocycles. The molecule has 1 fully saturated rings. The number of rotatable bonds is 7. The van der Waals surface area contributed by atoms with Gasteiger partial charge in [0, 0.05) is 30.6 Å². The van der Waals surface area contributed by atoms with E-state index in [9.17, 15) is 0 Å². The zero-order valence-corrected chi connectivity index (χ0v) is 21.7. The fourth-order valence-corrected chi connectivity index (χ4v) is 4.23. The van der Waals surface area contributed by atoms with Gasteiger partial charge in [0.15, 0.2) is 11.8 Å². The number of nitrogens with zero attached hydrogens (tertiary/aromatic N) is 5. The van der Waals surface area contributed by atoms with Gasteiger partial charge in [-0.05, 0) is 45.8 Å². The van der Waals surface area contributed by atoms with E-state index in [-0.39, 0.29) is 24.0 Å². The van der Waals surface area contributed by atoms with Crippen molar-refractivity contribution in [1.82, 2.24) is 30.3 Å². The Morgan fingerprint density at radius 1 is 1.22 bits per heavy atom. The van der Waals surface area contributed by atoms with Gasteiger partial charge in [0.25, 0.3) is 0 Å². The summed E-state index contributed by atoms with van der Waals surface area (Å²) in [6.07, 6.45) is 2.48. The second kappa shape index (κ2) is 11.1. The Morgan fingerprint density at radius 2 is 2.03 bits per heavy atom. The highest BCUT2D eigenvalue weighted by atomic mass is 127. The summed E-state index contributed by atoms with van der Waals surface area (Å²) in [6.45, 7) is 10.5. The van der Waals surface area contributed by atoms with E-state index in [0.717, 1.165) is 47.4 Å². The molecule has 3 heterocycles. The molecule has 8 nitrogen and oxygen atoms in total. The van der Waals surface area contributed by atoms with E-state index in [1.807, 2.05) is 36.7 Å². The van der Waals surface area contributed by atoms with Gasteiger partial charge in [-0.3, -0.25) is 4.90 Å². The lowest BCUT2D eigenvalue weighted by Gasteiger charge is -2.24. The Balaban J connectivity index is 0.00000289. The molecule has 0 radical (unpaired) electrons. The predicted molar refractivity (Wildman–Crippen MR) is 138 cm³/mol. The number of hydrogen-bond donors (Lipinski definition) is 2. The lowest BCUT2D eigenvalue weighted by atomic mass is 10.1. The molecule has 4 rings (SSSR count). The number of para-hydroxylation sites is 1. The first-order valence-electron chi connectivity index (χ1n) is 11.1. The molecule has 0 aliphatic carbocycles. The van der Waals surface area contributed by atoms with Crippen LogP contribution >= 0.6 is 24.0 Å². The largest absolute Gasteiger partial charge is 0.459 e. The standard InChI is InChI=1S/C23H33N7O.HI/c1-5-30-12-8-9-18(30)13-24-23(26-15-22-28-27-17(3)29(22)4)25-14-21-16(2)19-10-6-7-11-20(19)31-21;/h6-7,10-11,18H,5,8-9,12-15H2,1-4H3,(H2,24,25,26);1H. The summed E-state index contributed by atoms with van der Waals surface area (Å²) < 4.78 is 8.04. The normalized spacial score (nSPS) is 17.0. The molecule has 2 aromatic heterocycles. The maximum atomic E-state index is 6.07. The molecule has 0 amide bonds. The monoisotopic (exact) mass is 551 g/mol. The Bertz CT molecular complexity index is 1060. The van der Waals surface area contributed by atoms with Crippen LogP contribution in [0.25, 0.3) is 11.0 Å². The van der Waals surface area contributed by atoms with Gasteiger partial charge < -0.3 is 19.6 Å². The van der Waals surface area contributed by atoms with Gasteiger partial charge >= 0.3 is 0 Å². The lowest BCUT2D eigenvalue weighted by Crippen LogP contribution is -2.44. The van der Waals surface area contributed by atoms with E-state index in [1.165, 1.54) is 24.9 Å². The minimum atomic E-state index is 0. The highest BCUT2D eigenvalue weighted by Gasteiger charge is 2.23. The summed E-state index contributed by atoms with van der Waals surface area (Å²) in [5.74, 6) is 3.43. The van der Waals surface area contributed by atoms with Crippen molar-refractivity contribution in [2.45, 2.75) is 52.7 Å². The lowest BCUT2D eigenvalue weighted by molar-refractivity contribution is 0.267. The van der Waals surface area contributed by atoms with Crippen molar-refractivity contribution in [1.29, 1.82) is 0 Å². The maximum absolute atomic E-state index is 6.07. The Kier molecular flexibility index (Phi) is 8.52. The van der Waals surface area contributed by atoms with Crippen LogP contribution in [0.1, 0.15) is 42.7 Å². The fraction of sp³-hybridized carbons (Fsp3) is 0.522. The number of halogens is 1. The number of aromatic nitrogens is 3. The minimum Gasteiger partial charge on any atom is -0.459 e. The van der Waals surface area contributed by atoms with Crippen LogP contribution in [0.3, 0.4) is 0 Å². The molecule has 1 unspecified atom stereocenters. The van der Waals surface area contributed by atoms with Crippen LogP contribution in [0.4, 0.5) is 0 Å². The molecule has 3 aromatic rings. The summed E-state index contributed by atoms with van der Waals surface area (Å²) in [5, 5.41) is 16.5. The van der Waals surface area contributed by atoms with E-state index in [0.29, 0.717) is 19.1 Å². The van der Waals surface area contributed by atoms with Gasteiger partial charge in [0.05, 0.1) is 6.54 Å². The molecule has 1 aliphatic rings. The van der Waals surface area contributed by atoms with Crippen molar-refractivity contribution in [2.24, 2.45) is 12.0 Å². The summed E-state index contributed by atoms with van der Waals surface area (Å²) in [7, 11) is 1.97. The van der Waals surface area contributed by atoms with Gasteiger partial charge in [-0.2, -0.15) is 0 Å². The molecule has 0 bridgehead atoms. The smallest absolute Gasteiger partial charge is 0.192 e. The van der Waals surface area contributed by atoms with Crippen molar-refractivity contribution in [3.05, 3.63) is 47.2 Å². The van der Waals surface area contributed by atoms with Crippen molar-refractivity contribution in [2.75, 3.05) is 19.6 Å². The van der Waals surface area contributed by atoms with E-state index >= 15 is 0 Å². The van der Waals surface area contributed by atoms with Crippen LogP contribution in [0.5, 0.6) is 0 Å². The topological polar surface area (TPSA) is 83.5 Å². The quantitative estimate of drug-likeness (QED) is 0.266. The second-order valence-corrected chi connectivity index (χ2v) is 8.19. The number of nitrogens with one attached hydrogen (secondary N) is 2. The Morgan fingerprint density at radius 3 is 2.75 bits per heavy atom. The highest BCUT2D eigenvalue weighted by Crippen LogP contribution is 2.24. The Hall–Kier alpha value is -2.14. The number of furan rings is 1. The molecule has 2 N–H and O–H groups in total. The SMILES string of the molecule is CCN1CCCC1CNC(=NCc1nnc(C)n1C)NCc1oc2ccccc2c1C.I. The summed E-state index contributed by atoms with van der Waals surface area (Å²) >= 11 is 0. The third kappa shape index (κ3) is 5.43. The summed E-state index contributed by atoms with van der Waals surface area (Å²) in [5.41, 5.74) is 2.08. The molecule has 1 aliphatic heterocycles. The number of benzene rings is 1. The number of aryl methyl sites for hydroxylation is 2. The second-order valence-electron chi connectivity index (χ2n) is 8.19. The third-order valence-corrected chi connectivity index (χ3v) is 6.33. The van der Waals surface area contributed by atoms with Crippen LogP contribution in [0.15, 0.2) is 33.7 Å².